The molecule has 0 aliphatic rings. The molecule has 0 radical (unpaired) electrons. The molecule has 20 heavy (non-hydrogen) atoms. The van der Waals surface area contributed by atoms with Gasteiger partial charge in [0.25, 0.3) is 5.69 Å². The van der Waals surface area contributed by atoms with Gasteiger partial charge in [-0.25, -0.2) is 0 Å². The highest BCUT2D eigenvalue weighted by molar-refractivity contribution is 5.27. The zero-order chi connectivity index (χ0) is 15.0. The van der Waals surface area contributed by atoms with Gasteiger partial charge in [0.2, 0.25) is 0 Å². The first kappa shape index (κ1) is 15.8. The Morgan fingerprint density at radius 1 is 0.750 bits per heavy atom. The smallest absolute Gasteiger partial charge is 0.356 e. The molecule has 8 heteroatoms. The van der Waals surface area contributed by atoms with Gasteiger partial charge in [0.05, 0.1) is 10.0 Å². The van der Waals surface area contributed by atoms with E-state index in [-0.39, 0.29) is 31.8 Å². The summed E-state index contributed by atoms with van der Waals surface area (Å²) in [7, 11) is 0. The van der Waals surface area contributed by atoms with Crippen molar-refractivity contribution >= 4 is 5.69 Å². The van der Waals surface area contributed by atoms with Crippen LogP contribution in [0.3, 0.4) is 0 Å². The lowest BCUT2D eigenvalue weighted by atomic mass is 10.3. The van der Waals surface area contributed by atoms with Crippen LogP contribution >= 0.6 is 0 Å². The van der Waals surface area contributed by atoms with Crippen molar-refractivity contribution < 1.29 is 31.2 Å². The Morgan fingerprint density at radius 2 is 1.20 bits per heavy atom. The average molecular weight is 388 g/mol. The van der Waals surface area contributed by atoms with Gasteiger partial charge in [-0.1, -0.05) is 18.2 Å². The lowest BCUT2D eigenvalue weighted by Gasteiger charge is -1.89. The molecule has 2 aromatic carbocycles. The van der Waals surface area contributed by atoms with Gasteiger partial charge in [-0.15, -0.1) is 0 Å². The predicted octanol–water partition coefficient (Wildman–Crippen LogP) is -0.516. The van der Waals surface area contributed by atoms with E-state index >= 15 is 0 Å². The van der Waals surface area contributed by atoms with Crippen LogP contribution in [0.5, 0.6) is 0 Å². The normalized spacial score (nSPS) is 9.20. The predicted molar refractivity (Wildman–Crippen MR) is 67.3 cm³/mol. The number of nitro benzene ring substituents is 1. The summed E-state index contributed by atoms with van der Waals surface area (Å²) < 4.78 is 2.51. The first-order valence-corrected chi connectivity index (χ1v) is 7.40. The number of rotatable bonds is 3. The molecule has 0 amide bonds. The maximum Gasteiger partial charge on any atom is 0.357 e. The fourth-order valence-corrected chi connectivity index (χ4v) is 3.44. The molecule has 0 atom stereocenters. The van der Waals surface area contributed by atoms with Crippen LogP contribution in [0.2, 0.25) is 0 Å². The van der Waals surface area contributed by atoms with Crippen molar-refractivity contribution in [1.29, 1.82) is 0 Å². The molecule has 7 nitrogen and oxygen atoms in total. The van der Waals surface area contributed by atoms with Crippen LogP contribution in [-0.2, 0) is 0 Å². The molecular weight excluding hydrogens is 379 g/mol. The summed E-state index contributed by atoms with van der Waals surface area (Å²) in [5, 5.41) is 25.2. The molecule has 0 aliphatic carbocycles. The highest BCUT2D eigenvalue weighted by Crippen LogP contribution is 2.07. The molecule has 0 spiro atoms. The molecule has 0 saturated carbocycles. The van der Waals surface area contributed by atoms with Crippen molar-refractivity contribution in [3.05, 3.63) is 87.2 Å². The van der Waals surface area contributed by atoms with E-state index in [1.54, 1.807) is 12.1 Å². The van der Waals surface area contributed by atoms with Crippen LogP contribution in [-0.4, -0.2) is 10.0 Å². The van der Waals surface area contributed by atoms with E-state index in [2.05, 4.69) is 12.1 Å². The number of non-ortho nitro benzene ring substituents is 1. The lowest BCUT2D eigenvalue weighted by Crippen LogP contribution is -3.61. The number of nitro groups is 1. The van der Waals surface area contributed by atoms with Crippen LogP contribution in [0.15, 0.2) is 54.6 Å². The van der Waals surface area contributed by atoms with Gasteiger partial charge in [-0.3, -0.25) is 10.1 Å². The molecule has 0 aromatic heterocycles. The van der Waals surface area contributed by atoms with Crippen LogP contribution in [0, 0.1) is 32.6 Å². The highest BCUT2D eigenvalue weighted by atomic mass is 127. The molecule has 0 unspecified atom stereocenters. The lowest BCUT2D eigenvalue weighted by molar-refractivity contribution is -0.597. The zero-order valence-electron chi connectivity index (χ0n) is 10.0. The third-order valence-corrected chi connectivity index (χ3v) is 4.67. The summed E-state index contributed by atoms with van der Waals surface area (Å²) in [4.78, 5) is 18.4. The Balaban J connectivity index is 0.000000444. The molecule has 0 saturated heterocycles. The summed E-state index contributed by atoms with van der Waals surface area (Å²) in [5.74, 6) is 0. The van der Waals surface area contributed by atoms with E-state index in [0.29, 0.717) is 0 Å². The number of hydrogen-bond donors (Lipinski definition) is 0. The average Bonchev–Trinajstić information content (AvgIpc) is 2.40. The van der Waals surface area contributed by atoms with E-state index in [1.165, 1.54) is 7.14 Å². The zero-order valence-corrected chi connectivity index (χ0v) is 12.2. The number of benzene rings is 2. The maximum atomic E-state index is 10.5. The molecule has 2 aromatic rings. The van der Waals surface area contributed by atoms with Gasteiger partial charge in [0.15, 0.2) is 7.14 Å². The summed E-state index contributed by atoms with van der Waals surface area (Å²) in [6, 6.07) is 17.0. The summed E-state index contributed by atoms with van der Waals surface area (Å²) in [5.41, 5.74) is 0.154. The topological polar surface area (TPSA) is 109 Å². The van der Waals surface area contributed by atoms with E-state index in [4.69, 9.17) is 15.3 Å². The Kier molecular flexibility index (Phi) is 6.37. The Bertz CT molecular complexity index is 570. The molecule has 104 valence electrons. The Labute approximate surface area is 124 Å². The first-order valence-electron chi connectivity index (χ1n) is 5.25. The second-order valence-corrected chi connectivity index (χ2v) is 6.38. The molecule has 0 aliphatic heterocycles. The van der Waals surface area contributed by atoms with Crippen molar-refractivity contribution in [3.63, 3.8) is 0 Å². The van der Waals surface area contributed by atoms with Crippen LogP contribution in [0.4, 0.5) is 5.69 Å². The molecular formula is C12H9IN2O5. The van der Waals surface area contributed by atoms with Crippen molar-refractivity contribution in [2.24, 2.45) is 0 Å². The molecule has 0 N–H and O–H groups in total. The van der Waals surface area contributed by atoms with Crippen LogP contribution in [0.1, 0.15) is 0 Å². The molecule has 2 rings (SSSR count). The minimum Gasteiger partial charge on any atom is -0.356 e. The summed E-state index contributed by atoms with van der Waals surface area (Å²) in [6.07, 6.45) is 0. The van der Waals surface area contributed by atoms with Gasteiger partial charge in [0.1, 0.15) is 0 Å². The van der Waals surface area contributed by atoms with Crippen molar-refractivity contribution in [1.82, 2.24) is 0 Å². The van der Waals surface area contributed by atoms with Gasteiger partial charge in [0, 0.05) is 12.1 Å². The molecule has 0 heterocycles. The SMILES string of the molecule is O=[N+]([O-])[O-].O=[N+]([O-])c1ccc([I+]c2ccccc2)cc1. The van der Waals surface area contributed by atoms with Gasteiger partial charge in [-0.05, 0) is 24.3 Å². The second-order valence-electron chi connectivity index (χ2n) is 3.35. The van der Waals surface area contributed by atoms with Gasteiger partial charge < -0.3 is 15.3 Å². The van der Waals surface area contributed by atoms with Gasteiger partial charge >= 0.3 is 21.2 Å². The van der Waals surface area contributed by atoms with Crippen molar-refractivity contribution in [2.75, 3.05) is 0 Å². The van der Waals surface area contributed by atoms with E-state index in [1.807, 2.05) is 30.3 Å². The first-order chi connectivity index (χ1) is 9.49. The minimum atomic E-state index is -1.75. The quantitative estimate of drug-likeness (QED) is 0.400. The number of nitrogens with zero attached hydrogens (tertiary/aromatic N) is 2. The number of hydrogen-bond acceptors (Lipinski definition) is 5. The van der Waals surface area contributed by atoms with E-state index in [9.17, 15) is 10.1 Å². The maximum absolute atomic E-state index is 10.5. The summed E-state index contributed by atoms with van der Waals surface area (Å²) >= 11 is -0.227. The fraction of sp³-hybridized carbons (Fsp3) is 0. The van der Waals surface area contributed by atoms with Crippen LogP contribution in [0.25, 0.3) is 0 Å². The minimum absolute atomic E-state index is 0.154. The summed E-state index contributed by atoms with van der Waals surface area (Å²) in [6.45, 7) is 0. The van der Waals surface area contributed by atoms with Crippen LogP contribution < -0.4 is 21.2 Å². The fourth-order valence-electron chi connectivity index (χ4n) is 1.23. The van der Waals surface area contributed by atoms with Crippen molar-refractivity contribution in [3.8, 4) is 0 Å². The standard InChI is InChI=1S/C12H9INO2.NO3/c15-14(16)12-8-6-11(7-9-12)13-10-4-2-1-3-5-10;2-1(3)4/h1-9H;/q+1;-1. The Hall–Kier alpha value is -2.23. The van der Waals surface area contributed by atoms with E-state index < -0.39 is 5.09 Å². The molecule has 0 fully saturated rings. The second kappa shape index (κ2) is 8.04. The Morgan fingerprint density at radius 3 is 1.65 bits per heavy atom. The highest BCUT2D eigenvalue weighted by Gasteiger charge is 2.16. The number of halogens is 1. The largest absolute Gasteiger partial charge is 0.357 e. The van der Waals surface area contributed by atoms with Crippen molar-refractivity contribution in [2.45, 2.75) is 0 Å². The monoisotopic (exact) mass is 388 g/mol. The molecule has 0 bridgehead atoms. The van der Waals surface area contributed by atoms with E-state index in [0.717, 1.165) is 0 Å². The third-order valence-electron chi connectivity index (χ3n) is 1.99. The van der Waals surface area contributed by atoms with Gasteiger partial charge in [-0.2, -0.15) is 0 Å². The third kappa shape index (κ3) is 6.09.